The van der Waals surface area contributed by atoms with Crippen LogP contribution in [0.25, 0.3) is 0 Å². The standard InChI is InChI=1S/C15H26N2O5/c1-11(22-3)9-14(19)16-7-4-5-13(6-8-16)17(12(2)18)10-15(20)21/h11,13H,4-10H2,1-3H3,(H,20,21). The third kappa shape index (κ3) is 5.63. The van der Waals surface area contributed by atoms with Gasteiger partial charge in [-0.25, -0.2) is 0 Å². The van der Waals surface area contributed by atoms with Gasteiger partial charge in [0.15, 0.2) is 0 Å². The second kappa shape index (κ2) is 8.73. The van der Waals surface area contributed by atoms with Crippen LogP contribution in [0.15, 0.2) is 0 Å². The smallest absolute Gasteiger partial charge is 0.323 e. The SMILES string of the molecule is COC(C)CC(=O)N1CCCC(N(CC(=O)O)C(C)=O)CC1. The van der Waals surface area contributed by atoms with Gasteiger partial charge in [0, 0.05) is 33.2 Å². The van der Waals surface area contributed by atoms with E-state index in [9.17, 15) is 14.4 Å². The molecule has 0 aromatic heterocycles. The Labute approximate surface area is 131 Å². The van der Waals surface area contributed by atoms with Gasteiger partial charge in [-0.1, -0.05) is 0 Å². The summed E-state index contributed by atoms with van der Waals surface area (Å²) >= 11 is 0. The molecule has 1 fully saturated rings. The van der Waals surface area contributed by atoms with Gasteiger partial charge in [0.25, 0.3) is 0 Å². The number of ether oxygens (including phenoxy) is 1. The summed E-state index contributed by atoms with van der Waals surface area (Å²) in [7, 11) is 1.58. The fourth-order valence-corrected chi connectivity index (χ4v) is 2.74. The number of aliphatic carboxylic acids is 1. The van der Waals surface area contributed by atoms with Gasteiger partial charge in [-0.15, -0.1) is 0 Å². The third-order valence-electron chi connectivity index (χ3n) is 4.07. The van der Waals surface area contributed by atoms with E-state index in [1.807, 2.05) is 6.92 Å². The molecule has 7 heteroatoms. The molecular weight excluding hydrogens is 288 g/mol. The third-order valence-corrected chi connectivity index (χ3v) is 4.07. The molecule has 0 spiro atoms. The number of carboxylic acids is 1. The molecule has 2 atom stereocenters. The summed E-state index contributed by atoms with van der Waals surface area (Å²) in [6.45, 7) is 4.14. The second-order valence-electron chi connectivity index (χ2n) is 5.76. The Morgan fingerprint density at radius 3 is 2.55 bits per heavy atom. The van der Waals surface area contributed by atoms with E-state index in [1.165, 1.54) is 11.8 Å². The predicted octanol–water partition coefficient (Wildman–Crippen LogP) is 0.726. The number of hydrogen-bond donors (Lipinski definition) is 1. The zero-order chi connectivity index (χ0) is 16.7. The first-order chi connectivity index (χ1) is 10.3. The van der Waals surface area contributed by atoms with Crippen LogP contribution >= 0.6 is 0 Å². The van der Waals surface area contributed by atoms with Crippen molar-refractivity contribution in [3.05, 3.63) is 0 Å². The van der Waals surface area contributed by atoms with Gasteiger partial charge in [-0.2, -0.15) is 0 Å². The summed E-state index contributed by atoms with van der Waals surface area (Å²) < 4.78 is 5.11. The van der Waals surface area contributed by atoms with Crippen LogP contribution in [0.3, 0.4) is 0 Å². The number of amides is 2. The quantitative estimate of drug-likeness (QED) is 0.781. The average molecular weight is 314 g/mol. The van der Waals surface area contributed by atoms with Crippen molar-refractivity contribution in [2.45, 2.75) is 51.7 Å². The molecule has 1 heterocycles. The average Bonchev–Trinajstić information content (AvgIpc) is 2.69. The predicted molar refractivity (Wildman–Crippen MR) is 80.3 cm³/mol. The van der Waals surface area contributed by atoms with Crippen molar-refractivity contribution in [2.75, 3.05) is 26.7 Å². The molecule has 0 aromatic carbocycles. The van der Waals surface area contributed by atoms with Gasteiger partial charge in [0.05, 0.1) is 12.5 Å². The number of rotatable bonds is 6. The molecule has 0 saturated carbocycles. The second-order valence-corrected chi connectivity index (χ2v) is 5.76. The van der Waals surface area contributed by atoms with Crippen LogP contribution < -0.4 is 0 Å². The molecular formula is C15H26N2O5. The Morgan fingerprint density at radius 1 is 1.32 bits per heavy atom. The summed E-state index contributed by atoms with van der Waals surface area (Å²) in [6.07, 6.45) is 2.32. The Balaban J connectivity index is 2.62. The van der Waals surface area contributed by atoms with E-state index < -0.39 is 5.97 Å². The number of carboxylic acid groups (broad SMARTS) is 1. The first-order valence-electron chi connectivity index (χ1n) is 7.64. The van der Waals surface area contributed by atoms with Crippen LogP contribution in [-0.4, -0.2) is 71.6 Å². The molecule has 1 aliphatic heterocycles. The highest BCUT2D eigenvalue weighted by Gasteiger charge is 2.27. The zero-order valence-electron chi connectivity index (χ0n) is 13.6. The van der Waals surface area contributed by atoms with Gasteiger partial charge in [0.1, 0.15) is 6.54 Å². The topological polar surface area (TPSA) is 87.2 Å². The molecule has 7 nitrogen and oxygen atoms in total. The maximum Gasteiger partial charge on any atom is 0.323 e. The Kier molecular flexibility index (Phi) is 7.31. The van der Waals surface area contributed by atoms with Crippen LogP contribution in [0.2, 0.25) is 0 Å². The lowest BCUT2D eigenvalue weighted by Gasteiger charge is -2.29. The van der Waals surface area contributed by atoms with Crippen molar-refractivity contribution in [1.82, 2.24) is 9.80 Å². The van der Waals surface area contributed by atoms with Crippen LogP contribution in [-0.2, 0) is 19.1 Å². The molecule has 0 aromatic rings. The number of methoxy groups -OCH3 is 1. The number of likely N-dealkylation sites (tertiary alicyclic amines) is 1. The summed E-state index contributed by atoms with van der Waals surface area (Å²) in [5.74, 6) is -1.20. The lowest BCUT2D eigenvalue weighted by atomic mass is 10.1. The Morgan fingerprint density at radius 2 is 2.00 bits per heavy atom. The van der Waals surface area contributed by atoms with Crippen molar-refractivity contribution in [3.8, 4) is 0 Å². The normalized spacial score (nSPS) is 20.1. The molecule has 126 valence electrons. The van der Waals surface area contributed by atoms with E-state index >= 15 is 0 Å². The fraction of sp³-hybridized carbons (Fsp3) is 0.800. The van der Waals surface area contributed by atoms with E-state index in [1.54, 1.807) is 12.0 Å². The Bertz CT molecular complexity index is 413. The van der Waals surface area contributed by atoms with E-state index in [0.717, 1.165) is 12.8 Å². The molecule has 1 saturated heterocycles. The first-order valence-corrected chi connectivity index (χ1v) is 7.64. The molecule has 0 aliphatic carbocycles. The van der Waals surface area contributed by atoms with Crippen molar-refractivity contribution >= 4 is 17.8 Å². The first kappa shape index (κ1) is 18.4. The summed E-state index contributed by atoms with van der Waals surface area (Å²) in [5, 5.41) is 8.93. The number of nitrogens with zero attached hydrogens (tertiary/aromatic N) is 2. The molecule has 22 heavy (non-hydrogen) atoms. The Hall–Kier alpha value is -1.63. The highest BCUT2D eigenvalue weighted by Crippen LogP contribution is 2.18. The maximum absolute atomic E-state index is 12.2. The molecule has 0 radical (unpaired) electrons. The molecule has 2 unspecified atom stereocenters. The van der Waals surface area contributed by atoms with E-state index in [0.29, 0.717) is 25.9 Å². The summed E-state index contributed by atoms with van der Waals surface area (Å²) in [5.41, 5.74) is 0. The zero-order valence-corrected chi connectivity index (χ0v) is 13.6. The van der Waals surface area contributed by atoms with E-state index in [4.69, 9.17) is 9.84 Å². The highest BCUT2D eigenvalue weighted by atomic mass is 16.5. The van der Waals surface area contributed by atoms with Crippen molar-refractivity contribution in [3.63, 3.8) is 0 Å². The monoisotopic (exact) mass is 314 g/mol. The van der Waals surface area contributed by atoms with Gasteiger partial charge >= 0.3 is 5.97 Å². The van der Waals surface area contributed by atoms with E-state index in [2.05, 4.69) is 0 Å². The highest BCUT2D eigenvalue weighted by molar-refractivity contribution is 5.80. The number of hydrogen-bond acceptors (Lipinski definition) is 4. The molecule has 0 bridgehead atoms. The van der Waals surface area contributed by atoms with Crippen LogP contribution in [0.5, 0.6) is 0 Å². The number of carbonyl (C=O) groups excluding carboxylic acids is 2. The minimum Gasteiger partial charge on any atom is -0.480 e. The summed E-state index contributed by atoms with van der Waals surface area (Å²) in [6, 6.07) is -0.119. The minimum absolute atomic E-state index is 0.0441. The lowest BCUT2D eigenvalue weighted by molar-refractivity contribution is -0.145. The van der Waals surface area contributed by atoms with Crippen LogP contribution in [0, 0.1) is 0 Å². The van der Waals surface area contributed by atoms with Gasteiger partial charge in [-0.05, 0) is 26.2 Å². The van der Waals surface area contributed by atoms with Crippen LogP contribution in [0.4, 0.5) is 0 Å². The van der Waals surface area contributed by atoms with E-state index in [-0.39, 0.29) is 30.5 Å². The summed E-state index contributed by atoms with van der Waals surface area (Å²) in [4.78, 5) is 37.9. The largest absolute Gasteiger partial charge is 0.480 e. The van der Waals surface area contributed by atoms with Gasteiger partial charge < -0.3 is 19.6 Å². The molecule has 1 aliphatic rings. The molecule has 1 N–H and O–H groups in total. The minimum atomic E-state index is -1.01. The lowest BCUT2D eigenvalue weighted by Crippen LogP contribution is -2.43. The van der Waals surface area contributed by atoms with Crippen molar-refractivity contribution in [1.29, 1.82) is 0 Å². The van der Waals surface area contributed by atoms with Gasteiger partial charge in [-0.3, -0.25) is 14.4 Å². The van der Waals surface area contributed by atoms with Crippen LogP contribution in [0.1, 0.15) is 39.5 Å². The maximum atomic E-state index is 12.2. The van der Waals surface area contributed by atoms with Crippen molar-refractivity contribution in [2.24, 2.45) is 0 Å². The van der Waals surface area contributed by atoms with Crippen molar-refractivity contribution < 1.29 is 24.2 Å². The fourth-order valence-electron chi connectivity index (χ4n) is 2.74. The molecule has 2 amide bonds. The van der Waals surface area contributed by atoms with Gasteiger partial charge in [0.2, 0.25) is 11.8 Å². The number of carbonyl (C=O) groups is 3. The molecule has 1 rings (SSSR count).